The quantitative estimate of drug-likeness (QED) is 0.586. The number of hydrogen-bond acceptors (Lipinski definition) is 3. The van der Waals surface area contributed by atoms with Crippen LogP contribution in [-0.4, -0.2) is 5.78 Å². The number of hydrogen-bond donors (Lipinski definition) is 0. The summed E-state index contributed by atoms with van der Waals surface area (Å²) in [6.07, 6.45) is 0. The van der Waals surface area contributed by atoms with Gasteiger partial charge in [0.05, 0.1) is 0 Å². The Balaban J connectivity index is 1.73. The van der Waals surface area contributed by atoms with Gasteiger partial charge in [0.25, 0.3) is 0 Å². The number of rotatable bonds is 5. The molecule has 0 aliphatic carbocycles. The predicted octanol–water partition coefficient (Wildman–Crippen LogP) is 5.47. The van der Waals surface area contributed by atoms with Gasteiger partial charge in [-0.05, 0) is 55.5 Å². The van der Waals surface area contributed by atoms with Crippen molar-refractivity contribution in [3.63, 3.8) is 0 Å². The van der Waals surface area contributed by atoms with E-state index in [1.807, 2.05) is 54.6 Å². The fourth-order valence-electron chi connectivity index (χ4n) is 2.12. The zero-order chi connectivity index (χ0) is 16.1. The lowest BCUT2D eigenvalue weighted by atomic mass is 10.1. The van der Waals surface area contributed by atoms with Crippen LogP contribution in [-0.2, 0) is 0 Å². The summed E-state index contributed by atoms with van der Waals surface area (Å²) in [7, 11) is 0. The summed E-state index contributed by atoms with van der Waals surface area (Å²) in [4.78, 5) is 11.3. The van der Waals surface area contributed by atoms with Crippen molar-refractivity contribution in [2.45, 2.75) is 6.92 Å². The number of para-hydroxylation sites is 1. The fourth-order valence-corrected chi connectivity index (χ4v) is 2.12. The van der Waals surface area contributed by atoms with Gasteiger partial charge < -0.3 is 9.47 Å². The van der Waals surface area contributed by atoms with E-state index in [0.717, 1.165) is 5.75 Å². The van der Waals surface area contributed by atoms with Crippen molar-refractivity contribution in [2.24, 2.45) is 0 Å². The molecule has 0 aromatic heterocycles. The minimum Gasteiger partial charge on any atom is -0.457 e. The average molecular weight is 304 g/mol. The van der Waals surface area contributed by atoms with Crippen molar-refractivity contribution in [2.75, 3.05) is 0 Å². The zero-order valence-corrected chi connectivity index (χ0v) is 12.7. The first kappa shape index (κ1) is 14.9. The normalized spacial score (nSPS) is 10.1. The van der Waals surface area contributed by atoms with Gasteiger partial charge in [0.1, 0.15) is 23.0 Å². The van der Waals surface area contributed by atoms with Crippen molar-refractivity contribution in [1.29, 1.82) is 0 Å². The second kappa shape index (κ2) is 6.79. The highest BCUT2D eigenvalue weighted by molar-refractivity contribution is 5.94. The highest BCUT2D eigenvalue weighted by Crippen LogP contribution is 2.28. The van der Waals surface area contributed by atoms with E-state index in [4.69, 9.17) is 9.47 Å². The van der Waals surface area contributed by atoms with Gasteiger partial charge in [-0.15, -0.1) is 0 Å². The van der Waals surface area contributed by atoms with E-state index < -0.39 is 0 Å². The third-order valence-corrected chi connectivity index (χ3v) is 3.28. The summed E-state index contributed by atoms with van der Waals surface area (Å²) in [5.41, 5.74) is 0.665. The molecule has 3 rings (SSSR count). The first-order valence-corrected chi connectivity index (χ1v) is 7.32. The largest absolute Gasteiger partial charge is 0.457 e. The summed E-state index contributed by atoms with van der Waals surface area (Å²) in [5.74, 6) is 2.86. The summed E-state index contributed by atoms with van der Waals surface area (Å²) >= 11 is 0. The van der Waals surface area contributed by atoms with Gasteiger partial charge in [0.15, 0.2) is 5.78 Å². The molecule has 0 heterocycles. The van der Waals surface area contributed by atoms with Crippen LogP contribution < -0.4 is 9.47 Å². The molecule has 23 heavy (non-hydrogen) atoms. The van der Waals surface area contributed by atoms with Gasteiger partial charge in [-0.2, -0.15) is 0 Å². The SMILES string of the molecule is CC(=O)c1ccc(Oc2cccc(Oc3ccccc3)c2)cc1. The van der Waals surface area contributed by atoms with Crippen LogP contribution in [0.3, 0.4) is 0 Å². The molecular weight excluding hydrogens is 288 g/mol. The monoisotopic (exact) mass is 304 g/mol. The second-order valence-electron chi connectivity index (χ2n) is 5.07. The Bertz CT molecular complexity index is 793. The fraction of sp³-hybridized carbons (Fsp3) is 0.0500. The first-order chi connectivity index (χ1) is 11.2. The van der Waals surface area contributed by atoms with E-state index in [1.165, 1.54) is 0 Å². The Hall–Kier alpha value is -3.07. The van der Waals surface area contributed by atoms with Gasteiger partial charge in [0.2, 0.25) is 0 Å². The average Bonchev–Trinajstić information content (AvgIpc) is 2.57. The number of carbonyl (C=O) groups excluding carboxylic acids is 1. The topological polar surface area (TPSA) is 35.5 Å². The van der Waals surface area contributed by atoms with Gasteiger partial charge in [-0.3, -0.25) is 4.79 Å². The predicted molar refractivity (Wildman–Crippen MR) is 89.5 cm³/mol. The molecule has 0 N–H and O–H groups in total. The number of ketones is 1. The molecular formula is C20H16O3. The van der Waals surface area contributed by atoms with E-state index in [-0.39, 0.29) is 5.78 Å². The van der Waals surface area contributed by atoms with Crippen molar-refractivity contribution >= 4 is 5.78 Å². The lowest BCUT2D eigenvalue weighted by Gasteiger charge is -2.09. The molecule has 0 aliphatic rings. The maximum absolute atomic E-state index is 11.3. The maximum atomic E-state index is 11.3. The van der Waals surface area contributed by atoms with Gasteiger partial charge in [-0.25, -0.2) is 0 Å². The molecule has 0 bridgehead atoms. The third-order valence-electron chi connectivity index (χ3n) is 3.28. The van der Waals surface area contributed by atoms with Crippen LogP contribution in [0, 0.1) is 0 Å². The van der Waals surface area contributed by atoms with Crippen LogP contribution in [0.4, 0.5) is 0 Å². The number of ether oxygens (including phenoxy) is 2. The molecule has 0 saturated heterocycles. The minimum absolute atomic E-state index is 0.0369. The smallest absolute Gasteiger partial charge is 0.159 e. The number of Topliss-reactive ketones (excluding diaryl/α,β-unsaturated/α-hetero) is 1. The molecule has 0 fully saturated rings. The highest BCUT2D eigenvalue weighted by Gasteiger charge is 2.03. The molecule has 3 aromatic rings. The molecule has 0 atom stereocenters. The first-order valence-electron chi connectivity index (χ1n) is 7.32. The molecule has 0 spiro atoms. The third kappa shape index (κ3) is 3.98. The van der Waals surface area contributed by atoms with Gasteiger partial charge in [0, 0.05) is 11.6 Å². The maximum Gasteiger partial charge on any atom is 0.159 e. The van der Waals surface area contributed by atoms with Crippen LogP contribution in [0.5, 0.6) is 23.0 Å². The molecule has 0 amide bonds. The van der Waals surface area contributed by atoms with Gasteiger partial charge in [-0.1, -0.05) is 24.3 Å². The highest BCUT2D eigenvalue weighted by atomic mass is 16.5. The lowest BCUT2D eigenvalue weighted by Crippen LogP contribution is -1.91. The second-order valence-corrected chi connectivity index (χ2v) is 5.07. The molecule has 3 aromatic carbocycles. The Morgan fingerprint density at radius 3 is 1.74 bits per heavy atom. The molecule has 0 aliphatic heterocycles. The lowest BCUT2D eigenvalue weighted by molar-refractivity contribution is 0.101. The van der Waals surface area contributed by atoms with Crippen LogP contribution in [0.25, 0.3) is 0 Å². The molecule has 0 radical (unpaired) electrons. The van der Waals surface area contributed by atoms with E-state index in [1.54, 1.807) is 31.2 Å². The van der Waals surface area contributed by atoms with E-state index in [2.05, 4.69) is 0 Å². The Kier molecular flexibility index (Phi) is 4.39. The number of carbonyl (C=O) groups is 1. The van der Waals surface area contributed by atoms with E-state index in [9.17, 15) is 4.79 Å². The van der Waals surface area contributed by atoms with Crippen molar-refractivity contribution in [3.8, 4) is 23.0 Å². The molecule has 3 heteroatoms. The minimum atomic E-state index is 0.0369. The van der Waals surface area contributed by atoms with Crippen molar-refractivity contribution in [3.05, 3.63) is 84.4 Å². The standard InChI is InChI=1S/C20H16O3/c1-15(21)16-10-12-18(13-11-16)23-20-9-5-8-19(14-20)22-17-6-3-2-4-7-17/h2-14H,1H3. The summed E-state index contributed by atoms with van der Waals surface area (Å²) < 4.78 is 11.6. The number of benzene rings is 3. The van der Waals surface area contributed by atoms with Crippen LogP contribution >= 0.6 is 0 Å². The van der Waals surface area contributed by atoms with Crippen LogP contribution in [0.1, 0.15) is 17.3 Å². The summed E-state index contributed by atoms with van der Waals surface area (Å²) in [6.45, 7) is 1.54. The van der Waals surface area contributed by atoms with E-state index in [0.29, 0.717) is 22.8 Å². The zero-order valence-electron chi connectivity index (χ0n) is 12.7. The van der Waals surface area contributed by atoms with Crippen molar-refractivity contribution in [1.82, 2.24) is 0 Å². The van der Waals surface area contributed by atoms with Gasteiger partial charge >= 0.3 is 0 Å². The Labute approximate surface area is 135 Å². The van der Waals surface area contributed by atoms with Crippen molar-refractivity contribution < 1.29 is 14.3 Å². The Morgan fingerprint density at radius 1 is 0.652 bits per heavy atom. The Morgan fingerprint density at radius 2 is 1.17 bits per heavy atom. The van der Waals surface area contributed by atoms with Crippen LogP contribution in [0.15, 0.2) is 78.9 Å². The molecule has 0 saturated carbocycles. The summed E-state index contributed by atoms with van der Waals surface area (Å²) in [5, 5.41) is 0. The van der Waals surface area contributed by atoms with Crippen LogP contribution in [0.2, 0.25) is 0 Å². The van der Waals surface area contributed by atoms with E-state index >= 15 is 0 Å². The molecule has 114 valence electrons. The molecule has 3 nitrogen and oxygen atoms in total. The summed E-state index contributed by atoms with van der Waals surface area (Å²) in [6, 6.07) is 24.1. The molecule has 0 unspecified atom stereocenters.